The van der Waals surface area contributed by atoms with Crippen molar-refractivity contribution in [1.82, 2.24) is 14.3 Å². The molecule has 2 aliphatic rings. The zero-order chi connectivity index (χ0) is 20.5. The van der Waals surface area contributed by atoms with E-state index in [0.717, 1.165) is 5.56 Å². The molecule has 0 aromatic carbocycles. The summed E-state index contributed by atoms with van der Waals surface area (Å²) in [7, 11) is 0. The standard InChI is InChI=1S/C20H20N4O3S2/c1-3-6-23-19(26)15(29-20(23)28)11-14-17(22-7-9-27-10-8-22)21-16-5-4-13(2)12-24(16)18(14)25/h3-5,11-12H,1,6-10H2,2H3/b15-11-. The number of carbonyl (C=O) groups is 1. The van der Waals surface area contributed by atoms with Crippen molar-refractivity contribution in [2.75, 3.05) is 37.7 Å². The molecule has 0 spiro atoms. The first-order valence-electron chi connectivity index (χ1n) is 9.21. The lowest BCUT2D eigenvalue weighted by Gasteiger charge is -2.29. The Morgan fingerprint density at radius 1 is 1.31 bits per heavy atom. The van der Waals surface area contributed by atoms with E-state index in [1.807, 2.05) is 24.0 Å². The minimum atomic E-state index is -0.221. The molecule has 1 amide bonds. The molecule has 150 valence electrons. The van der Waals surface area contributed by atoms with Crippen LogP contribution in [0, 0.1) is 6.92 Å². The van der Waals surface area contributed by atoms with Crippen LogP contribution < -0.4 is 10.5 Å². The second-order valence-corrected chi connectivity index (χ2v) is 8.45. The molecule has 29 heavy (non-hydrogen) atoms. The zero-order valence-corrected chi connectivity index (χ0v) is 17.6. The van der Waals surface area contributed by atoms with E-state index in [9.17, 15) is 9.59 Å². The van der Waals surface area contributed by atoms with E-state index in [2.05, 4.69) is 6.58 Å². The molecule has 2 saturated heterocycles. The van der Waals surface area contributed by atoms with Gasteiger partial charge in [-0.3, -0.25) is 18.9 Å². The van der Waals surface area contributed by atoms with E-state index < -0.39 is 0 Å². The van der Waals surface area contributed by atoms with Crippen LogP contribution in [0.15, 0.2) is 40.7 Å². The van der Waals surface area contributed by atoms with Crippen molar-refractivity contribution in [2.24, 2.45) is 0 Å². The number of morpholine rings is 1. The van der Waals surface area contributed by atoms with Crippen LogP contribution in [0.25, 0.3) is 11.7 Å². The van der Waals surface area contributed by atoms with E-state index in [-0.39, 0.29) is 11.5 Å². The number of nitrogens with zero attached hydrogens (tertiary/aromatic N) is 4. The van der Waals surface area contributed by atoms with E-state index >= 15 is 0 Å². The minimum Gasteiger partial charge on any atom is -0.378 e. The highest BCUT2D eigenvalue weighted by Crippen LogP contribution is 2.33. The topological polar surface area (TPSA) is 67.2 Å². The molecule has 4 rings (SSSR count). The molecule has 2 fully saturated rings. The Morgan fingerprint density at radius 3 is 2.79 bits per heavy atom. The van der Waals surface area contributed by atoms with Gasteiger partial charge in [0.15, 0.2) is 0 Å². The fourth-order valence-electron chi connectivity index (χ4n) is 3.31. The molecule has 0 bridgehead atoms. The van der Waals surface area contributed by atoms with E-state index in [4.69, 9.17) is 21.9 Å². The highest BCUT2D eigenvalue weighted by atomic mass is 32.2. The maximum absolute atomic E-state index is 13.4. The maximum atomic E-state index is 13.4. The second kappa shape index (κ2) is 8.10. The number of rotatable bonds is 4. The molecule has 2 aromatic rings. The van der Waals surface area contributed by atoms with Crippen LogP contribution in [-0.4, -0.2) is 57.4 Å². The molecular formula is C20H20N4O3S2. The number of aromatic nitrogens is 2. The fraction of sp³-hybridized carbons (Fsp3) is 0.300. The van der Waals surface area contributed by atoms with Gasteiger partial charge in [0.25, 0.3) is 11.5 Å². The van der Waals surface area contributed by atoms with Crippen molar-refractivity contribution in [3.63, 3.8) is 0 Å². The van der Waals surface area contributed by atoms with Crippen LogP contribution in [0.5, 0.6) is 0 Å². The summed E-state index contributed by atoms with van der Waals surface area (Å²) in [5.74, 6) is 0.345. The van der Waals surface area contributed by atoms with Gasteiger partial charge < -0.3 is 9.64 Å². The molecule has 4 heterocycles. The monoisotopic (exact) mass is 428 g/mol. The average molecular weight is 429 g/mol. The Labute approximate surface area is 177 Å². The number of ether oxygens (including phenoxy) is 1. The zero-order valence-electron chi connectivity index (χ0n) is 16.0. The highest BCUT2D eigenvalue weighted by molar-refractivity contribution is 8.26. The van der Waals surface area contributed by atoms with Crippen molar-refractivity contribution in [3.05, 3.63) is 57.4 Å². The predicted molar refractivity (Wildman–Crippen MR) is 119 cm³/mol. The number of carbonyl (C=O) groups excluding carboxylic acids is 1. The Kier molecular flexibility index (Phi) is 5.53. The van der Waals surface area contributed by atoms with Gasteiger partial charge in [0.05, 0.1) is 23.7 Å². The van der Waals surface area contributed by atoms with Crippen molar-refractivity contribution in [1.29, 1.82) is 0 Å². The third-order valence-electron chi connectivity index (χ3n) is 4.76. The third kappa shape index (κ3) is 3.73. The Hall–Kier alpha value is -2.49. The summed E-state index contributed by atoms with van der Waals surface area (Å²) in [6.07, 6.45) is 5.01. The first-order chi connectivity index (χ1) is 14.0. The van der Waals surface area contributed by atoms with Gasteiger partial charge >= 0.3 is 0 Å². The minimum absolute atomic E-state index is 0.214. The van der Waals surface area contributed by atoms with Crippen molar-refractivity contribution < 1.29 is 9.53 Å². The first-order valence-corrected chi connectivity index (χ1v) is 10.4. The van der Waals surface area contributed by atoms with Gasteiger partial charge in [0.1, 0.15) is 15.8 Å². The number of anilines is 1. The lowest BCUT2D eigenvalue weighted by molar-refractivity contribution is -0.121. The lowest BCUT2D eigenvalue weighted by atomic mass is 10.2. The Balaban J connectivity index is 1.88. The largest absolute Gasteiger partial charge is 0.378 e. The number of thiocarbonyl (C=S) groups is 1. The van der Waals surface area contributed by atoms with Crippen LogP contribution in [-0.2, 0) is 9.53 Å². The fourth-order valence-corrected chi connectivity index (χ4v) is 4.56. The number of hydrogen-bond acceptors (Lipinski definition) is 7. The molecule has 0 atom stereocenters. The number of pyridine rings is 1. The quantitative estimate of drug-likeness (QED) is 0.420. The van der Waals surface area contributed by atoms with Gasteiger partial charge in [-0.1, -0.05) is 36.1 Å². The Morgan fingerprint density at radius 2 is 2.07 bits per heavy atom. The average Bonchev–Trinajstić information content (AvgIpc) is 2.99. The summed E-state index contributed by atoms with van der Waals surface area (Å²) in [6.45, 7) is 8.32. The van der Waals surface area contributed by atoms with Crippen LogP contribution in [0.3, 0.4) is 0 Å². The number of hydrogen-bond donors (Lipinski definition) is 0. The number of fused-ring (bicyclic) bond motifs is 1. The number of thioether (sulfide) groups is 1. The third-order valence-corrected chi connectivity index (χ3v) is 6.13. The molecule has 7 nitrogen and oxygen atoms in total. The van der Waals surface area contributed by atoms with E-state index in [0.29, 0.717) is 59.1 Å². The molecule has 0 saturated carbocycles. The maximum Gasteiger partial charge on any atom is 0.267 e. The lowest BCUT2D eigenvalue weighted by Crippen LogP contribution is -2.38. The summed E-state index contributed by atoms with van der Waals surface area (Å²) >= 11 is 6.51. The van der Waals surface area contributed by atoms with Crippen molar-refractivity contribution >= 4 is 51.7 Å². The van der Waals surface area contributed by atoms with Gasteiger partial charge in [-0.25, -0.2) is 4.98 Å². The van der Waals surface area contributed by atoms with Crippen LogP contribution in [0.4, 0.5) is 5.82 Å². The van der Waals surface area contributed by atoms with E-state index in [1.165, 1.54) is 21.1 Å². The highest BCUT2D eigenvalue weighted by Gasteiger charge is 2.32. The predicted octanol–water partition coefficient (Wildman–Crippen LogP) is 2.23. The number of aryl methyl sites for hydroxylation is 1. The summed E-state index contributed by atoms with van der Waals surface area (Å²) < 4.78 is 7.42. The Bertz CT molecular complexity index is 1100. The van der Waals surface area contributed by atoms with Crippen LogP contribution in [0.1, 0.15) is 11.1 Å². The smallest absolute Gasteiger partial charge is 0.267 e. The van der Waals surface area contributed by atoms with Crippen LogP contribution in [0.2, 0.25) is 0 Å². The van der Waals surface area contributed by atoms with Crippen molar-refractivity contribution in [3.8, 4) is 0 Å². The van der Waals surface area contributed by atoms with Gasteiger partial charge in [-0.05, 0) is 24.6 Å². The molecule has 0 aliphatic carbocycles. The van der Waals surface area contributed by atoms with Gasteiger partial charge in [-0.2, -0.15) is 0 Å². The molecular weight excluding hydrogens is 408 g/mol. The van der Waals surface area contributed by atoms with Gasteiger partial charge in [-0.15, -0.1) is 6.58 Å². The van der Waals surface area contributed by atoms with Gasteiger partial charge in [0, 0.05) is 25.8 Å². The van der Waals surface area contributed by atoms with Gasteiger partial charge in [0.2, 0.25) is 0 Å². The SMILES string of the molecule is C=CCN1C(=O)/C(=C/c2c(N3CCOCC3)nc3ccc(C)cn3c2=O)SC1=S. The molecule has 2 aliphatic heterocycles. The van der Waals surface area contributed by atoms with Crippen LogP contribution >= 0.6 is 24.0 Å². The van der Waals surface area contributed by atoms with E-state index in [1.54, 1.807) is 18.3 Å². The summed E-state index contributed by atoms with van der Waals surface area (Å²) in [5.41, 5.74) is 1.69. The summed E-state index contributed by atoms with van der Waals surface area (Å²) in [4.78, 5) is 34.8. The summed E-state index contributed by atoms with van der Waals surface area (Å²) in [5, 5.41) is 0. The first kappa shape index (κ1) is 19.8. The molecule has 0 N–H and O–H groups in total. The molecule has 2 aromatic heterocycles. The molecule has 9 heteroatoms. The van der Waals surface area contributed by atoms with Crippen molar-refractivity contribution in [2.45, 2.75) is 6.92 Å². The molecule has 0 unspecified atom stereocenters. The number of amides is 1. The normalized spacial score (nSPS) is 18.9. The summed E-state index contributed by atoms with van der Waals surface area (Å²) in [6, 6.07) is 3.75. The molecule has 0 radical (unpaired) electrons. The second-order valence-electron chi connectivity index (χ2n) is 6.77.